The van der Waals surface area contributed by atoms with Crippen molar-refractivity contribution in [2.45, 2.75) is 254 Å². The molecule has 0 aromatic rings. The van der Waals surface area contributed by atoms with Gasteiger partial charge >= 0.3 is 19.8 Å². The summed E-state index contributed by atoms with van der Waals surface area (Å²) in [5.74, 6) is -1.23. The number of carbonyl (C=O) groups excluding carboxylic acids is 2. The zero-order chi connectivity index (χ0) is 50.2. The first-order valence-electron chi connectivity index (χ1n) is 25.7. The van der Waals surface area contributed by atoms with Gasteiger partial charge in [-0.05, 0) is 38.5 Å². The number of esters is 2. The molecule has 18 nitrogen and oxygen atoms in total. The van der Waals surface area contributed by atoms with Crippen LogP contribution in [-0.4, -0.2) is 151 Å². The number of unbranched alkanes of at least 4 members (excludes halogenated alkanes) is 20. The Balaban J connectivity index is 1.94. The molecule has 0 spiro atoms. The zero-order valence-corrected chi connectivity index (χ0v) is 41.8. The van der Waals surface area contributed by atoms with Crippen LogP contribution < -0.4 is 0 Å². The Bertz CT molecular complexity index is 1420. The van der Waals surface area contributed by atoms with Gasteiger partial charge in [0.2, 0.25) is 0 Å². The third-order valence-corrected chi connectivity index (χ3v) is 13.4. The Morgan fingerprint density at radius 2 is 1.04 bits per heavy atom. The molecular formula is C49H89O18P. The third-order valence-electron chi connectivity index (χ3n) is 12.4. The minimum atomic E-state index is -5.38. The van der Waals surface area contributed by atoms with E-state index in [0.29, 0.717) is 12.8 Å². The molecule has 0 aromatic heterocycles. The molecule has 1 saturated carbocycles. The number of hydrogen-bond acceptors (Lipinski definition) is 17. The second-order valence-corrected chi connectivity index (χ2v) is 19.8. The van der Waals surface area contributed by atoms with Crippen LogP contribution in [0.25, 0.3) is 0 Å². The van der Waals surface area contributed by atoms with Crippen LogP contribution >= 0.6 is 7.82 Å². The highest BCUT2D eigenvalue weighted by Gasteiger charge is 2.55. The Morgan fingerprint density at radius 3 is 1.59 bits per heavy atom. The van der Waals surface area contributed by atoms with Gasteiger partial charge in [0, 0.05) is 12.8 Å². The SMILES string of the molecule is CCC/C=C\C/C=C\CCCCCCCC(=O)O[C@H](COC(=O)CCCCCCCCCCCCCCCCC)COP(=O)(O)O[C@@H]1C(O)C(O)[C@@H](O)C(O)[C@H]1O[C@H]1OC(CO)[C@@H](O)C(O)[C@H]1O. The summed E-state index contributed by atoms with van der Waals surface area (Å²) in [6.07, 6.45) is 11.2. The van der Waals surface area contributed by atoms with Crippen molar-refractivity contribution < 1.29 is 87.9 Å². The normalized spacial score (nSPS) is 28.0. The molecule has 1 saturated heterocycles. The minimum absolute atomic E-state index is 0.0181. The average Bonchev–Trinajstić information content (AvgIpc) is 3.32. The van der Waals surface area contributed by atoms with Crippen molar-refractivity contribution in [3.8, 4) is 0 Å². The zero-order valence-electron chi connectivity index (χ0n) is 40.9. The summed E-state index contributed by atoms with van der Waals surface area (Å²) in [4.78, 5) is 36.5. The maximum atomic E-state index is 13.4. The van der Waals surface area contributed by atoms with Gasteiger partial charge in [-0.2, -0.15) is 0 Å². The molecular weight excluding hydrogens is 907 g/mol. The van der Waals surface area contributed by atoms with E-state index in [2.05, 4.69) is 38.2 Å². The van der Waals surface area contributed by atoms with E-state index >= 15 is 0 Å². The van der Waals surface area contributed by atoms with Gasteiger partial charge in [0.1, 0.15) is 67.6 Å². The van der Waals surface area contributed by atoms with Gasteiger partial charge in [-0.15, -0.1) is 0 Å². The van der Waals surface area contributed by atoms with E-state index in [4.69, 9.17) is 28.0 Å². The van der Waals surface area contributed by atoms with E-state index in [-0.39, 0.29) is 12.8 Å². The fourth-order valence-electron chi connectivity index (χ4n) is 8.15. The highest BCUT2D eigenvalue weighted by atomic mass is 31.2. The molecule has 2 rings (SSSR count). The van der Waals surface area contributed by atoms with Crippen molar-refractivity contribution in [1.29, 1.82) is 0 Å². The van der Waals surface area contributed by atoms with E-state index < -0.39 is 113 Å². The number of carbonyl (C=O) groups is 2. The smallest absolute Gasteiger partial charge is 0.462 e. The monoisotopic (exact) mass is 997 g/mol. The van der Waals surface area contributed by atoms with E-state index in [1.807, 2.05) is 0 Å². The van der Waals surface area contributed by atoms with Crippen LogP contribution in [0.2, 0.25) is 0 Å². The van der Waals surface area contributed by atoms with Crippen LogP contribution in [0, 0.1) is 0 Å². The third kappa shape index (κ3) is 25.5. The van der Waals surface area contributed by atoms with Crippen LogP contribution in [0.4, 0.5) is 0 Å². The van der Waals surface area contributed by atoms with Crippen molar-refractivity contribution in [3.63, 3.8) is 0 Å². The molecule has 6 unspecified atom stereocenters. The number of aliphatic hydroxyl groups is 8. The van der Waals surface area contributed by atoms with Crippen LogP contribution in [0.3, 0.4) is 0 Å². The summed E-state index contributed by atoms with van der Waals surface area (Å²) < 4.78 is 45.4. The van der Waals surface area contributed by atoms with Gasteiger partial charge < -0.3 is 64.7 Å². The molecule has 1 heterocycles. The molecule has 13 atom stereocenters. The molecule has 0 amide bonds. The predicted molar refractivity (Wildman–Crippen MR) is 254 cm³/mol. The van der Waals surface area contributed by atoms with E-state index in [1.165, 1.54) is 64.2 Å². The molecule has 0 radical (unpaired) electrons. The number of hydrogen-bond donors (Lipinski definition) is 9. The van der Waals surface area contributed by atoms with Crippen LogP contribution in [-0.2, 0) is 42.1 Å². The van der Waals surface area contributed by atoms with E-state index in [1.54, 1.807) is 0 Å². The van der Waals surface area contributed by atoms with Crippen LogP contribution in [0.5, 0.6) is 0 Å². The van der Waals surface area contributed by atoms with Gasteiger partial charge in [-0.3, -0.25) is 18.6 Å². The molecule has 2 aliphatic rings. The second-order valence-electron chi connectivity index (χ2n) is 18.4. The second kappa shape index (κ2) is 37.0. The Morgan fingerprint density at radius 1 is 0.559 bits per heavy atom. The van der Waals surface area contributed by atoms with Crippen LogP contribution in [0.15, 0.2) is 24.3 Å². The molecule has 2 fully saturated rings. The molecule has 1 aliphatic heterocycles. The lowest BCUT2D eigenvalue weighted by Gasteiger charge is -2.47. The van der Waals surface area contributed by atoms with Gasteiger partial charge in [-0.25, -0.2) is 4.57 Å². The summed E-state index contributed by atoms with van der Waals surface area (Å²) >= 11 is 0. The first-order chi connectivity index (χ1) is 32.7. The first-order valence-corrected chi connectivity index (χ1v) is 27.2. The van der Waals surface area contributed by atoms with Gasteiger partial charge in [0.25, 0.3) is 0 Å². The molecule has 68 heavy (non-hydrogen) atoms. The fourth-order valence-corrected chi connectivity index (χ4v) is 9.12. The number of ether oxygens (including phenoxy) is 4. The number of phosphoric acid groups is 1. The highest BCUT2D eigenvalue weighted by molar-refractivity contribution is 7.47. The fraction of sp³-hybridized carbons (Fsp3) is 0.878. The number of aliphatic hydroxyl groups excluding tert-OH is 8. The summed E-state index contributed by atoms with van der Waals surface area (Å²) in [7, 11) is -5.38. The summed E-state index contributed by atoms with van der Waals surface area (Å²) in [5, 5.41) is 82.9. The van der Waals surface area contributed by atoms with Crippen molar-refractivity contribution in [3.05, 3.63) is 24.3 Å². The molecule has 0 bridgehead atoms. The summed E-state index contributed by atoms with van der Waals surface area (Å²) in [5.41, 5.74) is 0. The molecule has 19 heteroatoms. The lowest BCUT2D eigenvalue weighted by atomic mass is 9.84. The first kappa shape index (κ1) is 62.2. The maximum Gasteiger partial charge on any atom is 0.472 e. The highest BCUT2D eigenvalue weighted by Crippen LogP contribution is 2.48. The molecule has 0 aromatic carbocycles. The number of phosphoric ester groups is 1. The van der Waals surface area contributed by atoms with Crippen molar-refractivity contribution in [1.82, 2.24) is 0 Å². The average molecular weight is 997 g/mol. The van der Waals surface area contributed by atoms with Gasteiger partial charge in [-0.1, -0.05) is 154 Å². The van der Waals surface area contributed by atoms with Gasteiger partial charge in [0.05, 0.1) is 13.2 Å². The predicted octanol–water partition coefficient (Wildman–Crippen LogP) is 5.88. The van der Waals surface area contributed by atoms with E-state index in [0.717, 1.165) is 77.0 Å². The van der Waals surface area contributed by atoms with E-state index in [9.17, 15) is 59.9 Å². The Kier molecular flexibility index (Phi) is 33.8. The molecule has 398 valence electrons. The molecule has 9 N–H and O–H groups in total. The lowest BCUT2D eigenvalue weighted by Crippen LogP contribution is -2.67. The topological polar surface area (TPSA) is 289 Å². The number of allylic oxidation sites excluding steroid dienone is 4. The molecule has 1 aliphatic carbocycles. The Hall–Kier alpha value is -1.87. The summed E-state index contributed by atoms with van der Waals surface area (Å²) in [6.45, 7) is 2.15. The van der Waals surface area contributed by atoms with Crippen LogP contribution in [0.1, 0.15) is 181 Å². The maximum absolute atomic E-state index is 13.4. The van der Waals surface area contributed by atoms with Crippen molar-refractivity contribution >= 4 is 19.8 Å². The minimum Gasteiger partial charge on any atom is -0.462 e. The quantitative estimate of drug-likeness (QED) is 0.0150. The van der Waals surface area contributed by atoms with Crippen molar-refractivity contribution in [2.24, 2.45) is 0 Å². The Labute approximate surface area is 405 Å². The lowest BCUT2D eigenvalue weighted by molar-refractivity contribution is -0.338. The van der Waals surface area contributed by atoms with Gasteiger partial charge in [0.15, 0.2) is 12.4 Å². The number of rotatable bonds is 39. The largest absolute Gasteiger partial charge is 0.472 e. The standard InChI is InChI=1S/C49H89O18P/c1-3-5-7-9-11-13-15-17-18-20-21-23-25-27-29-31-38(51)62-34-36(64-39(52)32-30-28-26-24-22-19-16-14-12-10-8-6-4-2)35-63-68(60,61)67-48-45(58)43(56)42(55)44(57)47(48)66-49-46(59)41(54)40(53)37(33-50)65-49/h8,10,14,16,36-37,40-50,53-59H,3-7,9,11-13,15,17-35H2,1-2H3,(H,60,61)/b10-8-,16-14-/t36-,37?,40-,41?,42-,43?,44?,45?,46-,47-,48-,49-/m1/s1. The van der Waals surface area contributed by atoms with Crippen molar-refractivity contribution in [2.75, 3.05) is 19.8 Å². The summed E-state index contributed by atoms with van der Waals surface area (Å²) in [6, 6.07) is 0.